The maximum atomic E-state index is 4.75. The van der Waals surface area contributed by atoms with Crippen LogP contribution >= 0.6 is 0 Å². The molecule has 0 aliphatic carbocycles. The third kappa shape index (κ3) is 13.8. The van der Waals surface area contributed by atoms with Gasteiger partial charge in [-0.3, -0.25) is 0 Å². The van der Waals surface area contributed by atoms with Gasteiger partial charge in [0.2, 0.25) is 11.9 Å². The Morgan fingerprint density at radius 3 is 1.00 bits per heavy atom. The van der Waals surface area contributed by atoms with Gasteiger partial charge in [-0.2, -0.15) is 0 Å². The third-order valence-corrected chi connectivity index (χ3v) is 5.00. The van der Waals surface area contributed by atoms with Crippen molar-refractivity contribution >= 4 is 23.3 Å². The van der Waals surface area contributed by atoms with E-state index in [1.54, 1.807) is 0 Å². The van der Waals surface area contributed by atoms with Crippen molar-refractivity contribution < 1.29 is 41.0 Å². The number of rotatable bonds is 6. The van der Waals surface area contributed by atoms with Gasteiger partial charge in [0, 0.05) is 69.5 Å². The van der Waals surface area contributed by atoms with Gasteiger partial charge in [-0.15, -0.1) is 0 Å². The van der Waals surface area contributed by atoms with Crippen molar-refractivity contribution in [1.82, 2.24) is 29.4 Å². The summed E-state index contributed by atoms with van der Waals surface area (Å²) in [5.74, 6) is 1.89. The smallest absolute Gasteiger partial charge is 1.00 e. The predicted molar refractivity (Wildman–Crippen MR) is 157 cm³/mol. The monoisotopic (exact) mass is 686 g/mol. The van der Waals surface area contributed by atoms with E-state index in [0.29, 0.717) is 0 Å². The summed E-state index contributed by atoms with van der Waals surface area (Å²) < 4.78 is 0. The maximum absolute atomic E-state index is 4.75. The summed E-state index contributed by atoms with van der Waals surface area (Å²) in [5, 5.41) is 0. The summed E-state index contributed by atoms with van der Waals surface area (Å²) in [7, 11) is 24.3. The van der Waals surface area contributed by atoms with E-state index < -0.39 is 0 Å². The topological polar surface area (TPSA) is 44.2 Å². The van der Waals surface area contributed by atoms with Crippen LogP contribution < -0.4 is 24.0 Å². The SMILES string of the molecule is CN(C)Cc1ccccc1N=C(N(C)C)N(C)C.CN(C)Cc1ccccc1N=C(N(C)C)N(C)C.[Cu+].[I-]. The molecule has 2 aromatic carbocycles. The van der Waals surface area contributed by atoms with Crippen LogP contribution in [0.5, 0.6) is 0 Å². The van der Waals surface area contributed by atoms with Crippen LogP contribution in [-0.4, -0.2) is 126 Å². The van der Waals surface area contributed by atoms with Crippen LogP contribution in [0, 0.1) is 0 Å². The van der Waals surface area contributed by atoms with Gasteiger partial charge in [0.15, 0.2) is 0 Å². The standard InChI is InChI=1S/2C14H24N4.Cu.HI/c2*1-16(2)11-12-9-7-8-10-13(12)15-14(17(3)4)18(5)6;;/h2*7-10H,11H2,1-6H3;;1H/q;;+1;/p-1. The minimum atomic E-state index is 0. The number of benzene rings is 2. The van der Waals surface area contributed by atoms with Crippen molar-refractivity contribution in [3.05, 3.63) is 59.7 Å². The molecule has 8 nitrogen and oxygen atoms in total. The number of hydrogen-bond acceptors (Lipinski definition) is 4. The fourth-order valence-corrected chi connectivity index (χ4v) is 3.60. The summed E-state index contributed by atoms with van der Waals surface area (Å²) in [6.07, 6.45) is 0. The molecule has 0 bridgehead atoms. The molecule has 0 fully saturated rings. The summed E-state index contributed by atoms with van der Waals surface area (Å²) in [6.45, 7) is 1.79. The number of hydrogen-bond donors (Lipinski definition) is 0. The van der Waals surface area contributed by atoms with Gasteiger partial charge in [0.1, 0.15) is 0 Å². The largest absolute Gasteiger partial charge is 1.00 e. The normalized spacial score (nSPS) is 9.84. The quantitative estimate of drug-likeness (QED) is 0.193. The van der Waals surface area contributed by atoms with Crippen molar-refractivity contribution in [2.75, 3.05) is 84.6 Å². The molecule has 38 heavy (non-hydrogen) atoms. The second-order valence-corrected chi connectivity index (χ2v) is 10.1. The Hall–Kier alpha value is -1.85. The average molecular weight is 687 g/mol. The molecule has 10 heteroatoms. The molecule has 2 rings (SSSR count). The number of guanidine groups is 2. The van der Waals surface area contributed by atoms with Crippen LogP contribution in [0.4, 0.5) is 11.4 Å². The van der Waals surface area contributed by atoms with Gasteiger partial charge >= 0.3 is 17.1 Å². The van der Waals surface area contributed by atoms with Gasteiger partial charge in [0.25, 0.3) is 0 Å². The van der Waals surface area contributed by atoms with Gasteiger partial charge in [-0.1, -0.05) is 36.4 Å². The van der Waals surface area contributed by atoms with Gasteiger partial charge in [-0.25, -0.2) is 9.98 Å². The predicted octanol–water partition coefficient (Wildman–Crippen LogP) is 0.719. The first-order valence-electron chi connectivity index (χ1n) is 12.1. The van der Waals surface area contributed by atoms with Crippen molar-refractivity contribution in [1.29, 1.82) is 0 Å². The van der Waals surface area contributed by atoms with E-state index in [0.717, 1.165) is 36.4 Å². The summed E-state index contributed by atoms with van der Waals surface area (Å²) in [6, 6.07) is 16.6. The van der Waals surface area contributed by atoms with Crippen molar-refractivity contribution in [2.45, 2.75) is 13.1 Å². The molecule has 0 aliphatic heterocycles. The molecule has 0 unspecified atom stereocenters. The van der Waals surface area contributed by atoms with Crippen LogP contribution in [0.25, 0.3) is 0 Å². The fourth-order valence-electron chi connectivity index (χ4n) is 3.60. The first-order valence-corrected chi connectivity index (χ1v) is 12.1. The third-order valence-electron chi connectivity index (χ3n) is 5.00. The molecule has 0 saturated carbocycles. The second kappa shape index (κ2) is 19.2. The summed E-state index contributed by atoms with van der Waals surface area (Å²) >= 11 is 0. The summed E-state index contributed by atoms with van der Waals surface area (Å²) in [5.41, 5.74) is 4.54. The molecule has 0 amide bonds. The number of aliphatic imine (C=N–C) groups is 2. The van der Waals surface area contributed by atoms with Crippen LogP contribution in [0.3, 0.4) is 0 Å². The van der Waals surface area contributed by atoms with Crippen LogP contribution in [0.15, 0.2) is 58.5 Å². The maximum Gasteiger partial charge on any atom is 1.00 e. The van der Waals surface area contributed by atoms with Gasteiger partial charge in [-0.05, 0) is 51.5 Å². The fraction of sp³-hybridized carbons (Fsp3) is 0.500. The van der Waals surface area contributed by atoms with Crippen molar-refractivity contribution in [2.24, 2.45) is 9.98 Å². The first kappa shape index (κ1) is 38.3. The molecule has 0 atom stereocenters. The molecule has 2 aromatic rings. The van der Waals surface area contributed by atoms with E-state index in [9.17, 15) is 0 Å². The van der Waals surface area contributed by atoms with E-state index in [-0.39, 0.29) is 41.0 Å². The van der Waals surface area contributed by atoms with Gasteiger partial charge < -0.3 is 53.4 Å². The van der Waals surface area contributed by atoms with Crippen LogP contribution in [-0.2, 0) is 30.2 Å². The Balaban J connectivity index is 0. The zero-order valence-corrected chi connectivity index (χ0v) is 28.4. The van der Waals surface area contributed by atoms with Crippen LogP contribution in [0.1, 0.15) is 11.1 Å². The molecule has 0 heterocycles. The van der Waals surface area contributed by atoms with E-state index in [2.05, 4.69) is 74.4 Å². The van der Waals surface area contributed by atoms with E-state index in [1.165, 1.54) is 11.1 Å². The molecule has 0 saturated heterocycles. The first-order chi connectivity index (χ1) is 16.8. The van der Waals surface area contributed by atoms with Gasteiger partial charge in [0.05, 0.1) is 11.4 Å². The van der Waals surface area contributed by atoms with Crippen LogP contribution in [0.2, 0.25) is 0 Å². The van der Waals surface area contributed by atoms with E-state index in [1.807, 2.05) is 88.1 Å². The average Bonchev–Trinajstić information content (AvgIpc) is 2.76. The minimum Gasteiger partial charge on any atom is -1.00 e. The molecule has 0 spiro atoms. The molecular weight excluding hydrogens is 639 g/mol. The van der Waals surface area contributed by atoms with E-state index >= 15 is 0 Å². The van der Waals surface area contributed by atoms with E-state index in [4.69, 9.17) is 9.98 Å². The molecule has 218 valence electrons. The zero-order valence-electron chi connectivity index (χ0n) is 25.3. The molecule has 0 aromatic heterocycles. The molecule has 0 aliphatic rings. The zero-order chi connectivity index (χ0) is 27.4. The second-order valence-electron chi connectivity index (χ2n) is 10.1. The molecule has 0 N–H and O–H groups in total. The Morgan fingerprint density at radius 2 is 0.763 bits per heavy atom. The Morgan fingerprint density at radius 1 is 0.500 bits per heavy atom. The number of nitrogens with zero attached hydrogens (tertiary/aromatic N) is 8. The Kier molecular flexibility index (Phi) is 19.4. The Labute approximate surface area is 259 Å². The minimum absolute atomic E-state index is 0. The summed E-state index contributed by atoms with van der Waals surface area (Å²) in [4.78, 5) is 21.9. The number of halogens is 1. The Bertz CT molecular complexity index is 889. The number of para-hydroxylation sites is 2. The molecule has 0 radical (unpaired) electrons. The van der Waals surface area contributed by atoms with Crippen molar-refractivity contribution in [3.63, 3.8) is 0 Å². The molecular formula is C28H48CuIN8. The van der Waals surface area contributed by atoms with Crippen molar-refractivity contribution in [3.8, 4) is 0 Å².